The molecule has 1 saturated heterocycles. The topological polar surface area (TPSA) is 45.2 Å². The monoisotopic (exact) mass is 336 g/mol. The van der Waals surface area contributed by atoms with Gasteiger partial charge in [-0.2, -0.15) is 0 Å². The molecule has 0 saturated carbocycles. The number of pyridine rings is 1. The molecule has 1 aromatic carbocycles. The van der Waals surface area contributed by atoms with E-state index in [1.807, 2.05) is 30.3 Å². The Kier molecular flexibility index (Phi) is 5.07. The fraction of sp³-hybridized carbons (Fsp3) is 0.429. The van der Waals surface area contributed by atoms with E-state index in [2.05, 4.69) is 42.0 Å². The minimum absolute atomic E-state index is 0.00595. The Labute approximate surface area is 150 Å². The highest BCUT2D eigenvalue weighted by Gasteiger charge is 2.20. The molecule has 1 radical (unpaired) electrons. The summed E-state index contributed by atoms with van der Waals surface area (Å²) >= 11 is 0. The molecule has 0 aliphatic carbocycles. The maximum Gasteiger partial charge on any atom is 0.259 e. The SMILES string of the molecule is CC(C)(C)c1[c]ccc(NC(=O)c2cccnc2N2CCCCC2)c1. The molecule has 1 fully saturated rings. The number of benzene rings is 1. The number of carbonyl (C=O) groups is 1. The van der Waals surface area contributed by atoms with Crippen molar-refractivity contribution in [1.29, 1.82) is 0 Å². The molecule has 2 heterocycles. The first kappa shape index (κ1) is 17.5. The van der Waals surface area contributed by atoms with Gasteiger partial charge in [-0.25, -0.2) is 4.98 Å². The number of hydrogen-bond donors (Lipinski definition) is 1. The third kappa shape index (κ3) is 4.19. The molecule has 2 aromatic rings. The van der Waals surface area contributed by atoms with Crippen LogP contribution in [0.25, 0.3) is 0 Å². The van der Waals surface area contributed by atoms with E-state index in [1.165, 1.54) is 6.42 Å². The lowest BCUT2D eigenvalue weighted by atomic mass is 9.87. The fourth-order valence-electron chi connectivity index (χ4n) is 3.11. The first-order valence-electron chi connectivity index (χ1n) is 8.99. The van der Waals surface area contributed by atoms with Gasteiger partial charge in [0.1, 0.15) is 5.82 Å². The van der Waals surface area contributed by atoms with Crippen LogP contribution in [0.5, 0.6) is 0 Å². The van der Waals surface area contributed by atoms with Gasteiger partial charge in [0.15, 0.2) is 0 Å². The molecule has 0 atom stereocenters. The zero-order valence-electron chi connectivity index (χ0n) is 15.3. The van der Waals surface area contributed by atoms with Crippen molar-refractivity contribution in [3.8, 4) is 0 Å². The molecule has 3 rings (SSSR count). The lowest BCUT2D eigenvalue weighted by Crippen LogP contribution is -2.32. The van der Waals surface area contributed by atoms with E-state index >= 15 is 0 Å². The summed E-state index contributed by atoms with van der Waals surface area (Å²) in [6.07, 6.45) is 5.32. The quantitative estimate of drug-likeness (QED) is 0.902. The van der Waals surface area contributed by atoms with Crippen molar-refractivity contribution in [2.24, 2.45) is 0 Å². The lowest BCUT2D eigenvalue weighted by molar-refractivity contribution is 0.102. The number of nitrogens with one attached hydrogen (secondary N) is 1. The van der Waals surface area contributed by atoms with Crippen molar-refractivity contribution in [2.45, 2.75) is 45.4 Å². The third-order valence-electron chi connectivity index (χ3n) is 4.55. The third-order valence-corrected chi connectivity index (χ3v) is 4.55. The van der Waals surface area contributed by atoms with Crippen LogP contribution in [0.3, 0.4) is 0 Å². The van der Waals surface area contributed by atoms with Crippen LogP contribution in [0.2, 0.25) is 0 Å². The summed E-state index contributed by atoms with van der Waals surface area (Å²) in [7, 11) is 0. The zero-order valence-corrected chi connectivity index (χ0v) is 15.3. The van der Waals surface area contributed by atoms with Crippen molar-refractivity contribution in [3.05, 3.63) is 53.7 Å². The van der Waals surface area contributed by atoms with Crippen LogP contribution < -0.4 is 10.2 Å². The predicted octanol–water partition coefficient (Wildman–Crippen LogP) is 4.42. The molecule has 131 valence electrons. The average Bonchev–Trinajstić information content (AvgIpc) is 2.62. The Bertz CT molecular complexity index is 743. The molecular weight excluding hydrogens is 310 g/mol. The van der Waals surface area contributed by atoms with E-state index in [0.717, 1.165) is 43.0 Å². The first-order valence-corrected chi connectivity index (χ1v) is 8.99. The highest BCUT2D eigenvalue weighted by molar-refractivity contribution is 6.07. The van der Waals surface area contributed by atoms with Crippen LogP contribution >= 0.6 is 0 Å². The number of nitrogens with zero attached hydrogens (tertiary/aromatic N) is 2. The second kappa shape index (κ2) is 7.26. The maximum absolute atomic E-state index is 12.9. The van der Waals surface area contributed by atoms with Gasteiger partial charge in [0.25, 0.3) is 5.91 Å². The summed E-state index contributed by atoms with van der Waals surface area (Å²) in [6, 6.07) is 12.7. The number of rotatable bonds is 3. The molecule has 0 bridgehead atoms. The van der Waals surface area contributed by atoms with Crippen molar-refractivity contribution in [1.82, 2.24) is 4.98 Å². The summed E-state index contributed by atoms with van der Waals surface area (Å²) in [5.41, 5.74) is 2.50. The van der Waals surface area contributed by atoms with E-state index < -0.39 is 0 Å². The molecule has 1 aromatic heterocycles. The molecule has 1 amide bonds. The average molecular weight is 336 g/mol. The van der Waals surface area contributed by atoms with Crippen LogP contribution in [0.1, 0.15) is 56.0 Å². The molecule has 25 heavy (non-hydrogen) atoms. The largest absolute Gasteiger partial charge is 0.356 e. The summed E-state index contributed by atoms with van der Waals surface area (Å²) in [6.45, 7) is 8.34. The predicted molar refractivity (Wildman–Crippen MR) is 102 cm³/mol. The Morgan fingerprint density at radius 2 is 1.96 bits per heavy atom. The zero-order chi connectivity index (χ0) is 17.9. The van der Waals surface area contributed by atoms with E-state index in [0.29, 0.717) is 5.56 Å². The second-order valence-electron chi connectivity index (χ2n) is 7.62. The maximum atomic E-state index is 12.9. The second-order valence-corrected chi connectivity index (χ2v) is 7.62. The van der Waals surface area contributed by atoms with Crippen LogP contribution in [0.15, 0.2) is 36.5 Å². The summed E-state index contributed by atoms with van der Waals surface area (Å²) < 4.78 is 0. The first-order chi connectivity index (χ1) is 11.9. The van der Waals surface area contributed by atoms with E-state index in [4.69, 9.17) is 0 Å². The van der Waals surface area contributed by atoms with Crippen LogP contribution in [-0.2, 0) is 5.41 Å². The summed E-state index contributed by atoms with van der Waals surface area (Å²) in [4.78, 5) is 19.6. The number of hydrogen-bond acceptors (Lipinski definition) is 3. The number of amides is 1. The molecule has 1 aliphatic heterocycles. The molecule has 4 heteroatoms. The molecule has 0 spiro atoms. The van der Waals surface area contributed by atoms with Gasteiger partial charge in [0.2, 0.25) is 0 Å². The standard InChI is InChI=1S/C21H26N3O/c1-21(2,3)16-9-7-10-17(15-16)23-20(25)18-11-8-12-22-19(18)24-13-5-4-6-14-24/h7-8,10-12,15H,4-6,13-14H2,1-3H3,(H,23,25). The highest BCUT2D eigenvalue weighted by Crippen LogP contribution is 2.26. The Morgan fingerprint density at radius 1 is 1.20 bits per heavy atom. The smallest absolute Gasteiger partial charge is 0.259 e. The van der Waals surface area contributed by atoms with Gasteiger partial charge in [-0.15, -0.1) is 0 Å². The van der Waals surface area contributed by atoms with Gasteiger partial charge < -0.3 is 10.2 Å². The number of piperidine rings is 1. The van der Waals surface area contributed by atoms with Gasteiger partial charge in [-0.1, -0.05) is 26.8 Å². The molecule has 4 nitrogen and oxygen atoms in total. The van der Waals surface area contributed by atoms with Gasteiger partial charge in [-0.05, 0) is 60.6 Å². The van der Waals surface area contributed by atoms with Gasteiger partial charge in [0.05, 0.1) is 5.56 Å². The van der Waals surface area contributed by atoms with E-state index in [1.54, 1.807) is 6.20 Å². The van der Waals surface area contributed by atoms with Crippen molar-refractivity contribution < 1.29 is 4.79 Å². The number of carbonyl (C=O) groups excluding carboxylic acids is 1. The number of aromatic nitrogens is 1. The van der Waals surface area contributed by atoms with E-state index in [-0.39, 0.29) is 11.3 Å². The Balaban J connectivity index is 1.82. The van der Waals surface area contributed by atoms with Gasteiger partial charge >= 0.3 is 0 Å². The lowest BCUT2D eigenvalue weighted by Gasteiger charge is -2.29. The van der Waals surface area contributed by atoms with Crippen LogP contribution in [0, 0.1) is 6.07 Å². The minimum atomic E-state index is -0.111. The fourth-order valence-corrected chi connectivity index (χ4v) is 3.11. The Morgan fingerprint density at radius 3 is 2.68 bits per heavy atom. The molecule has 1 aliphatic rings. The van der Waals surface area contributed by atoms with Crippen molar-refractivity contribution >= 4 is 17.4 Å². The van der Waals surface area contributed by atoms with Crippen LogP contribution in [-0.4, -0.2) is 24.0 Å². The molecule has 1 N–H and O–H groups in total. The van der Waals surface area contributed by atoms with Gasteiger partial charge in [-0.3, -0.25) is 4.79 Å². The molecular formula is C21H26N3O. The minimum Gasteiger partial charge on any atom is -0.356 e. The normalized spacial score (nSPS) is 15.1. The Hall–Kier alpha value is -2.36. The highest BCUT2D eigenvalue weighted by atomic mass is 16.1. The summed E-state index contributed by atoms with van der Waals surface area (Å²) in [5.74, 6) is 0.679. The van der Waals surface area contributed by atoms with Crippen molar-refractivity contribution in [3.63, 3.8) is 0 Å². The van der Waals surface area contributed by atoms with Gasteiger partial charge in [0, 0.05) is 25.0 Å². The van der Waals surface area contributed by atoms with Crippen LogP contribution in [0.4, 0.5) is 11.5 Å². The van der Waals surface area contributed by atoms with Crippen molar-refractivity contribution in [2.75, 3.05) is 23.3 Å². The molecule has 0 unspecified atom stereocenters. The van der Waals surface area contributed by atoms with E-state index in [9.17, 15) is 4.79 Å². The number of anilines is 2. The summed E-state index contributed by atoms with van der Waals surface area (Å²) in [5, 5.41) is 3.02.